The van der Waals surface area contributed by atoms with Gasteiger partial charge in [0.15, 0.2) is 5.16 Å². The maximum atomic E-state index is 12.3. The summed E-state index contributed by atoms with van der Waals surface area (Å²) < 4.78 is 60.6. The Morgan fingerprint density at radius 2 is 1.19 bits per heavy atom. The number of hydrogen-bond acceptors (Lipinski definition) is 10. The van der Waals surface area contributed by atoms with Gasteiger partial charge in [-0.05, 0) is 60.7 Å². The Hall–Kier alpha value is -5.80. The number of para-hydroxylation sites is 2. The van der Waals surface area contributed by atoms with Crippen LogP contribution in [0.4, 0.5) is 0 Å². The first-order chi connectivity index (χ1) is 22.9. The Morgan fingerprint density at radius 3 is 1.73 bits per heavy atom. The van der Waals surface area contributed by atoms with Gasteiger partial charge in [-0.15, -0.1) is 19.0 Å². The number of aromatic nitrogens is 8. The van der Waals surface area contributed by atoms with E-state index in [4.69, 9.17) is 27.9 Å². The lowest BCUT2D eigenvalue weighted by molar-refractivity contribution is 0.596. The van der Waals surface area contributed by atoms with E-state index < -0.39 is 32.0 Å². The number of benzene rings is 3. The smallest absolute Gasteiger partial charge is 0.285 e. The van der Waals surface area contributed by atoms with Gasteiger partial charge in [-0.3, -0.25) is 0 Å². The first-order valence-electron chi connectivity index (χ1n) is 13.7. The van der Waals surface area contributed by atoms with E-state index in [0.717, 1.165) is 11.0 Å². The van der Waals surface area contributed by atoms with Crippen molar-refractivity contribution in [3.63, 3.8) is 0 Å². The predicted molar refractivity (Wildman–Crippen MR) is 177 cm³/mol. The number of thioether (sulfide) groups is 1. The van der Waals surface area contributed by atoms with Crippen molar-refractivity contribution in [2.45, 2.75) is 27.2 Å². The molecule has 21 heteroatoms. The summed E-state index contributed by atoms with van der Waals surface area (Å²) >= 11 is 1.45. The van der Waals surface area contributed by atoms with Gasteiger partial charge < -0.3 is 27.5 Å². The summed E-state index contributed by atoms with van der Waals surface area (Å²) in [5, 5.41) is 17.7. The highest BCUT2D eigenvalue weighted by atomic mass is 32.2. The third-order valence-electron chi connectivity index (χ3n) is 6.62. The van der Waals surface area contributed by atoms with Crippen molar-refractivity contribution in [2.75, 3.05) is 0 Å². The second kappa shape index (κ2) is 12.8. The Bertz CT molecular complexity index is 2390. The van der Waals surface area contributed by atoms with Crippen LogP contribution in [0.5, 0.6) is 0 Å². The molecular weight excluding hydrogens is 681 g/mol. The van der Waals surface area contributed by atoms with E-state index in [1.54, 1.807) is 36.7 Å². The average molecular weight is 707 g/mol. The van der Waals surface area contributed by atoms with E-state index in [-0.39, 0.29) is 9.79 Å². The maximum absolute atomic E-state index is 12.3. The minimum absolute atomic E-state index is 0.0673. The molecule has 3 heterocycles. The quantitative estimate of drug-likeness (QED) is 0.0810. The highest BCUT2D eigenvalue weighted by molar-refractivity contribution is 7.98. The largest absolute Gasteiger partial charge is 0.369 e. The zero-order valence-corrected chi connectivity index (χ0v) is 27.1. The third kappa shape index (κ3) is 6.96. The highest BCUT2D eigenvalue weighted by Gasteiger charge is 2.17. The summed E-state index contributed by atoms with van der Waals surface area (Å²) in [4.78, 5) is 4.67. The molecule has 18 nitrogen and oxygen atoms in total. The highest BCUT2D eigenvalue weighted by Crippen LogP contribution is 2.28. The molecule has 48 heavy (non-hydrogen) atoms. The van der Waals surface area contributed by atoms with E-state index >= 15 is 0 Å². The van der Waals surface area contributed by atoms with Crippen molar-refractivity contribution in [1.29, 1.82) is 0 Å². The molecule has 0 unspecified atom stereocenters. The van der Waals surface area contributed by atoms with E-state index in [2.05, 4.69) is 29.4 Å². The summed E-state index contributed by atoms with van der Waals surface area (Å²) in [5.41, 5.74) is 25.0. The number of guanidine groups is 2. The average Bonchev–Trinajstić information content (AvgIpc) is 3.79. The standard InChI is InChI=1S/C27H26N14O4S3/c28-25(29)35-47(42,43)21-9-5-19(6-10-21)40-14-17(33-37-40)13-39-24-4-2-1-3-23(24)32-27(39)46-16-18-15-41(38-34-18)20-7-11-22(12-8-20)48(44,45)36-26(30)31/h1-12,14-15H,13,16H2,(H4,28,29,35)(H4,30,31,36). The number of imidazole rings is 1. The molecule has 0 saturated carbocycles. The van der Waals surface area contributed by atoms with Crippen molar-refractivity contribution >= 4 is 54.8 Å². The Morgan fingerprint density at radius 1 is 0.688 bits per heavy atom. The first-order valence-corrected chi connectivity index (χ1v) is 17.6. The van der Waals surface area contributed by atoms with Crippen LogP contribution in [0.15, 0.2) is 109 Å². The fourth-order valence-electron chi connectivity index (χ4n) is 4.53. The molecule has 0 fully saturated rings. The van der Waals surface area contributed by atoms with E-state index in [0.29, 0.717) is 40.2 Å². The number of fused-ring (bicyclic) bond motifs is 1. The lowest BCUT2D eigenvalue weighted by atomic mass is 10.3. The van der Waals surface area contributed by atoms with Gasteiger partial charge in [-0.25, -0.2) is 14.3 Å². The number of rotatable bonds is 11. The van der Waals surface area contributed by atoms with Gasteiger partial charge in [0.1, 0.15) is 5.69 Å². The molecule has 0 atom stereocenters. The Kier molecular flexibility index (Phi) is 8.56. The zero-order chi connectivity index (χ0) is 34.1. The normalized spacial score (nSPS) is 11.8. The molecule has 8 N–H and O–H groups in total. The van der Waals surface area contributed by atoms with Crippen LogP contribution in [0.1, 0.15) is 11.4 Å². The van der Waals surface area contributed by atoms with Crippen LogP contribution in [0.3, 0.4) is 0 Å². The van der Waals surface area contributed by atoms with Gasteiger partial charge in [0.2, 0.25) is 11.9 Å². The van der Waals surface area contributed by atoms with Gasteiger partial charge in [-0.2, -0.15) is 16.8 Å². The minimum Gasteiger partial charge on any atom is -0.369 e. The molecule has 0 aliphatic carbocycles. The van der Waals surface area contributed by atoms with Crippen LogP contribution in [0, 0.1) is 0 Å². The molecule has 0 spiro atoms. The maximum Gasteiger partial charge on any atom is 0.285 e. The van der Waals surface area contributed by atoms with Crippen molar-refractivity contribution in [1.82, 2.24) is 39.5 Å². The number of nitrogens with zero attached hydrogens (tertiary/aromatic N) is 10. The number of hydrogen-bond donors (Lipinski definition) is 4. The molecule has 6 aromatic rings. The summed E-state index contributed by atoms with van der Waals surface area (Å²) in [6.45, 7) is 0.349. The fourth-order valence-corrected chi connectivity index (χ4v) is 7.15. The van der Waals surface area contributed by atoms with Gasteiger partial charge in [0, 0.05) is 5.75 Å². The molecule has 6 rings (SSSR count). The topological polar surface area (TPSA) is 276 Å². The first kappa shape index (κ1) is 32.2. The summed E-state index contributed by atoms with van der Waals surface area (Å²) in [6, 6.07) is 19.5. The van der Waals surface area contributed by atoms with Crippen LogP contribution < -0.4 is 22.9 Å². The van der Waals surface area contributed by atoms with Crippen molar-refractivity contribution in [3.8, 4) is 11.4 Å². The van der Waals surface area contributed by atoms with Crippen LogP contribution in [-0.4, -0.2) is 68.3 Å². The van der Waals surface area contributed by atoms with E-state index in [1.807, 2.05) is 28.8 Å². The summed E-state index contributed by atoms with van der Waals surface area (Å²) in [5.74, 6) is -0.676. The molecule has 0 aliphatic heterocycles. The molecule has 246 valence electrons. The number of sulfonamides is 2. The monoisotopic (exact) mass is 706 g/mol. The SMILES string of the molecule is NC(N)=NS(=O)(=O)c1ccc(-n2cc(CSc3nc4ccccc4n3Cc3cn(-c4ccc(S(=O)(=O)N=C(N)N)cc4)nn3)nn2)cc1. The fraction of sp³-hybridized carbons (Fsp3) is 0.0741. The van der Waals surface area contributed by atoms with Crippen LogP contribution in [-0.2, 0) is 32.3 Å². The second-order valence-corrected chi connectivity index (χ2v) is 14.2. The van der Waals surface area contributed by atoms with Crippen LogP contribution in [0.25, 0.3) is 22.4 Å². The molecule has 3 aromatic carbocycles. The summed E-state index contributed by atoms with van der Waals surface area (Å²) in [7, 11) is -8.04. The molecule has 0 amide bonds. The minimum atomic E-state index is -4.02. The van der Waals surface area contributed by atoms with Crippen molar-refractivity contribution in [3.05, 3.63) is 96.6 Å². The zero-order valence-electron chi connectivity index (χ0n) is 24.6. The molecule has 3 aromatic heterocycles. The van der Waals surface area contributed by atoms with Gasteiger partial charge in [0.25, 0.3) is 20.0 Å². The Labute approximate surface area is 277 Å². The van der Waals surface area contributed by atoms with Gasteiger partial charge >= 0.3 is 0 Å². The molecule has 0 saturated heterocycles. The van der Waals surface area contributed by atoms with Crippen LogP contribution >= 0.6 is 11.8 Å². The number of nitrogens with two attached hydrogens (primary N) is 4. The van der Waals surface area contributed by atoms with E-state index in [1.165, 1.54) is 45.4 Å². The molecular formula is C27H26N14O4S3. The molecule has 0 aliphatic rings. The van der Waals surface area contributed by atoms with Crippen LogP contribution in [0.2, 0.25) is 0 Å². The van der Waals surface area contributed by atoms with Crippen molar-refractivity contribution in [2.24, 2.45) is 31.7 Å². The van der Waals surface area contributed by atoms with E-state index in [9.17, 15) is 16.8 Å². The third-order valence-corrected chi connectivity index (χ3v) is 10.3. The van der Waals surface area contributed by atoms with Gasteiger partial charge in [0.05, 0.1) is 56.8 Å². The lowest BCUT2D eigenvalue weighted by Crippen LogP contribution is -2.24. The predicted octanol–water partition coefficient (Wildman–Crippen LogP) is 0.463. The lowest BCUT2D eigenvalue weighted by Gasteiger charge is -2.06. The molecule has 0 bridgehead atoms. The Balaban J connectivity index is 1.18. The van der Waals surface area contributed by atoms with Crippen molar-refractivity contribution < 1.29 is 16.8 Å². The second-order valence-electron chi connectivity index (χ2n) is 10.0. The summed E-state index contributed by atoms with van der Waals surface area (Å²) in [6.07, 6.45) is 3.47. The van der Waals surface area contributed by atoms with Gasteiger partial charge in [-0.1, -0.05) is 34.3 Å². The molecule has 0 radical (unpaired) electrons.